The van der Waals surface area contributed by atoms with E-state index < -0.39 is 11.7 Å². The van der Waals surface area contributed by atoms with Crippen LogP contribution in [0.2, 0.25) is 0 Å². The van der Waals surface area contributed by atoms with Crippen LogP contribution in [0.1, 0.15) is 5.56 Å². The summed E-state index contributed by atoms with van der Waals surface area (Å²) >= 11 is 0. The van der Waals surface area contributed by atoms with Gasteiger partial charge in [0.2, 0.25) is 11.4 Å². The molecule has 2 heterocycles. The van der Waals surface area contributed by atoms with Crippen LogP contribution in [0.25, 0.3) is 0 Å². The molecule has 2 aliphatic heterocycles. The standard InChI is InChI=1S/C16H12F3N2/c17-16(18,19)12-4-3-5-13(10-12)20-14-7-9-21-8-2-1-6-15(21)11-14/h1-8,10,20H,9H2/q+1. The van der Waals surface area contributed by atoms with Gasteiger partial charge in [-0.05, 0) is 30.4 Å². The highest BCUT2D eigenvalue weighted by atomic mass is 19.4. The summed E-state index contributed by atoms with van der Waals surface area (Å²) in [5.41, 5.74) is 1.28. The lowest BCUT2D eigenvalue weighted by Crippen LogP contribution is -2.22. The van der Waals surface area contributed by atoms with E-state index in [-0.39, 0.29) is 0 Å². The van der Waals surface area contributed by atoms with Crippen molar-refractivity contribution in [3.8, 4) is 0 Å². The fourth-order valence-corrected chi connectivity index (χ4v) is 2.14. The van der Waals surface area contributed by atoms with Crippen LogP contribution < -0.4 is 5.32 Å². The Bertz CT molecular complexity index is 666. The molecule has 106 valence electrons. The maximum Gasteiger partial charge on any atom is 0.416 e. The fraction of sp³-hybridized carbons (Fsp3) is 0.125. The third kappa shape index (κ3) is 2.98. The summed E-state index contributed by atoms with van der Waals surface area (Å²) in [7, 11) is 0. The number of halogens is 3. The number of fused-ring (bicyclic) bond motifs is 1. The van der Waals surface area contributed by atoms with Crippen LogP contribution in [0.4, 0.5) is 18.9 Å². The molecule has 0 bridgehead atoms. The number of nitrogens with zero attached hydrogens (tertiary/aromatic N) is 1. The maximum absolute atomic E-state index is 12.7. The third-order valence-corrected chi connectivity index (χ3v) is 3.16. The molecular formula is C16H12F3N2+. The van der Waals surface area contributed by atoms with Gasteiger partial charge in [0.15, 0.2) is 0 Å². The molecule has 2 aliphatic rings. The number of allylic oxidation sites excluding steroid dienone is 4. The first kappa shape index (κ1) is 13.5. The lowest BCUT2D eigenvalue weighted by Gasteiger charge is -2.19. The number of benzene rings is 1. The zero-order valence-electron chi connectivity index (χ0n) is 11.0. The Kier molecular flexibility index (Phi) is 3.28. The van der Waals surface area contributed by atoms with E-state index in [1.54, 1.807) is 6.07 Å². The molecule has 2 nitrogen and oxygen atoms in total. The largest absolute Gasteiger partial charge is 0.416 e. The van der Waals surface area contributed by atoms with E-state index in [9.17, 15) is 13.2 Å². The Balaban J connectivity index is 1.79. The van der Waals surface area contributed by atoms with Crippen LogP contribution in [0.5, 0.6) is 0 Å². The second-order valence-corrected chi connectivity index (χ2v) is 4.68. The van der Waals surface area contributed by atoms with E-state index in [2.05, 4.69) is 11.4 Å². The monoisotopic (exact) mass is 289 g/mol. The van der Waals surface area contributed by atoms with Gasteiger partial charge in [0.05, 0.1) is 30.3 Å². The topological polar surface area (TPSA) is 15.3 Å². The van der Waals surface area contributed by atoms with Crippen molar-refractivity contribution < 1.29 is 13.2 Å². The second-order valence-electron chi connectivity index (χ2n) is 4.68. The minimum atomic E-state index is -4.34. The molecule has 0 saturated heterocycles. The quantitative estimate of drug-likeness (QED) is 0.825. The maximum atomic E-state index is 12.7. The molecule has 1 aromatic carbocycles. The molecule has 0 saturated carbocycles. The Morgan fingerprint density at radius 3 is 2.86 bits per heavy atom. The van der Waals surface area contributed by atoms with Crippen molar-refractivity contribution in [1.29, 1.82) is 0 Å². The van der Waals surface area contributed by atoms with E-state index in [4.69, 9.17) is 0 Å². The number of alkyl halides is 3. The first-order valence-corrected chi connectivity index (χ1v) is 6.42. The average molecular weight is 289 g/mol. The molecule has 0 unspecified atom stereocenters. The molecular weight excluding hydrogens is 277 g/mol. The van der Waals surface area contributed by atoms with E-state index >= 15 is 0 Å². The molecule has 21 heavy (non-hydrogen) atoms. The first-order chi connectivity index (χ1) is 10.0. The normalized spacial score (nSPS) is 16.8. The zero-order valence-corrected chi connectivity index (χ0v) is 11.0. The smallest absolute Gasteiger partial charge is 0.326 e. The van der Waals surface area contributed by atoms with Gasteiger partial charge < -0.3 is 10.2 Å². The highest BCUT2D eigenvalue weighted by molar-refractivity contribution is 5.53. The van der Waals surface area contributed by atoms with Crippen LogP contribution in [0, 0.1) is 6.08 Å². The van der Waals surface area contributed by atoms with Crippen LogP contribution in [-0.2, 0) is 6.18 Å². The molecule has 0 amide bonds. The summed E-state index contributed by atoms with van der Waals surface area (Å²) in [6.07, 6.45) is 8.33. The van der Waals surface area contributed by atoms with E-state index in [0.717, 1.165) is 17.8 Å². The van der Waals surface area contributed by atoms with Crippen molar-refractivity contribution in [3.05, 3.63) is 77.8 Å². The van der Waals surface area contributed by atoms with Crippen molar-refractivity contribution in [2.75, 3.05) is 11.9 Å². The molecule has 0 aromatic heterocycles. The Morgan fingerprint density at radius 1 is 1.19 bits per heavy atom. The second kappa shape index (κ2) is 5.11. The van der Waals surface area contributed by atoms with Gasteiger partial charge in [-0.15, -0.1) is 0 Å². The Morgan fingerprint density at radius 2 is 2.05 bits per heavy atom. The van der Waals surface area contributed by atoms with Gasteiger partial charge in [0, 0.05) is 11.9 Å². The highest BCUT2D eigenvalue weighted by Crippen LogP contribution is 2.31. The van der Waals surface area contributed by atoms with E-state index in [1.807, 2.05) is 35.4 Å². The molecule has 0 radical (unpaired) electrons. The van der Waals surface area contributed by atoms with Gasteiger partial charge in [-0.25, -0.2) is 0 Å². The van der Waals surface area contributed by atoms with Gasteiger partial charge >= 0.3 is 6.18 Å². The molecule has 0 spiro atoms. The van der Waals surface area contributed by atoms with Crippen molar-refractivity contribution in [2.24, 2.45) is 0 Å². The molecule has 1 N–H and O–H groups in total. The van der Waals surface area contributed by atoms with Crippen molar-refractivity contribution in [3.63, 3.8) is 0 Å². The number of hydrogen-bond acceptors (Lipinski definition) is 2. The van der Waals surface area contributed by atoms with Crippen LogP contribution in [0.15, 0.2) is 66.2 Å². The van der Waals surface area contributed by atoms with Gasteiger partial charge in [0.25, 0.3) is 0 Å². The van der Waals surface area contributed by atoms with Crippen molar-refractivity contribution >= 4 is 5.69 Å². The number of rotatable bonds is 2. The van der Waals surface area contributed by atoms with Gasteiger partial charge in [0.1, 0.15) is 0 Å². The predicted molar refractivity (Wildman–Crippen MR) is 74.9 cm³/mol. The minimum absolute atomic E-state index is 0.396. The number of nitrogens with one attached hydrogen (secondary N) is 1. The highest BCUT2D eigenvalue weighted by Gasteiger charge is 2.30. The molecule has 0 fully saturated rings. The molecule has 0 aliphatic carbocycles. The lowest BCUT2D eigenvalue weighted by atomic mass is 10.1. The van der Waals surface area contributed by atoms with Crippen LogP contribution >= 0.6 is 0 Å². The first-order valence-electron chi connectivity index (χ1n) is 6.42. The summed E-state index contributed by atoms with van der Waals surface area (Å²) in [5.74, 6) is 0. The van der Waals surface area contributed by atoms with E-state index in [1.165, 1.54) is 6.07 Å². The summed E-state index contributed by atoms with van der Waals surface area (Å²) in [5, 5.41) is 2.97. The SMILES string of the molecule is FC(F)(F)c1cccc(NC2=CCN3C=CC=CC3=[C+]2)c1. The van der Waals surface area contributed by atoms with Gasteiger partial charge in [-0.3, -0.25) is 0 Å². The lowest BCUT2D eigenvalue weighted by molar-refractivity contribution is -0.137. The summed E-state index contributed by atoms with van der Waals surface area (Å²) in [6, 6.07) is 5.14. The van der Waals surface area contributed by atoms with E-state index in [0.29, 0.717) is 17.9 Å². The van der Waals surface area contributed by atoms with Gasteiger partial charge in [-0.1, -0.05) is 6.07 Å². The Hall–Kier alpha value is -2.52. The summed E-state index contributed by atoms with van der Waals surface area (Å²) < 4.78 is 38.0. The number of anilines is 1. The summed E-state index contributed by atoms with van der Waals surface area (Å²) in [6.45, 7) is 0.657. The summed E-state index contributed by atoms with van der Waals surface area (Å²) in [4.78, 5) is 2.00. The minimum Gasteiger partial charge on any atom is -0.326 e. The van der Waals surface area contributed by atoms with Gasteiger partial charge in [-0.2, -0.15) is 13.2 Å². The van der Waals surface area contributed by atoms with Crippen molar-refractivity contribution in [1.82, 2.24) is 4.90 Å². The van der Waals surface area contributed by atoms with Crippen LogP contribution in [0.3, 0.4) is 0 Å². The third-order valence-electron chi connectivity index (χ3n) is 3.16. The van der Waals surface area contributed by atoms with Crippen LogP contribution in [-0.4, -0.2) is 11.4 Å². The Labute approximate surface area is 120 Å². The van der Waals surface area contributed by atoms with Crippen molar-refractivity contribution in [2.45, 2.75) is 6.18 Å². The number of hydrogen-bond donors (Lipinski definition) is 1. The molecule has 0 atom stereocenters. The molecule has 5 heteroatoms. The molecule has 3 rings (SSSR count). The fourth-order valence-electron chi connectivity index (χ4n) is 2.14. The predicted octanol–water partition coefficient (Wildman–Crippen LogP) is 4.09. The molecule has 1 aromatic rings. The zero-order chi connectivity index (χ0) is 14.9. The average Bonchev–Trinajstić information content (AvgIpc) is 2.46.